The summed E-state index contributed by atoms with van der Waals surface area (Å²) in [6.45, 7) is 8.90. The fourth-order valence-electron chi connectivity index (χ4n) is 2.68. The number of hydrogen-bond donors (Lipinski definition) is 1. The summed E-state index contributed by atoms with van der Waals surface area (Å²) in [7, 11) is 0. The molecule has 1 aromatic heterocycles. The Morgan fingerprint density at radius 3 is 2.40 bits per heavy atom. The highest BCUT2D eigenvalue weighted by atomic mass is 35.5. The largest absolute Gasteiger partial charge is 0.477 e. The number of carboxylic acids is 1. The quantitative estimate of drug-likeness (QED) is 0.587. The van der Waals surface area contributed by atoms with Gasteiger partial charge in [-0.05, 0) is 49.9 Å². The van der Waals surface area contributed by atoms with Crippen LogP contribution in [0.5, 0.6) is 0 Å². The number of thiophene rings is 1. The van der Waals surface area contributed by atoms with Gasteiger partial charge in [0.2, 0.25) is 0 Å². The van der Waals surface area contributed by atoms with Crippen LogP contribution in [-0.2, 0) is 13.0 Å². The van der Waals surface area contributed by atoms with Crippen molar-refractivity contribution in [3.8, 4) is 0 Å². The molecule has 0 aliphatic carbocycles. The predicted molar refractivity (Wildman–Crippen MR) is 108 cm³/mol. The molecular formula is C19H23Cl2NO2S. The van der Waals surface area contributed by atoms with Gasteiger partial charge in [-0.3, -0.25) is 0 Å². The zero-order valence-electron chi connectivity index (χ0n) is 14.8. The summed E-state index contributed by atoms with van der Waals surface area (Å²) in [5.74, 6) is -0.408. The highest BCUT2D eigenvalue weighted by Crippen LogP contribution is 2.35. The van der Waals surface area contributed by atoms with Gasteiger partial charge in [0.05, 0.1) is 5.69 Å². The lowest BCUT2D eigenvalue weighted by Gasteiger charge is -2.29. The average Bonchev–Trinajstić information content (AvgIpc) is 2.89. The third-order valence-corrected chi connectivity index (χ3v) is 5.58. The molecule has 0 amide bonds. The number of benzene rings is 1. The van der Waals surface area contributed by atoms with Gasteiger partial charge in [-0.15, -0.1) is 11.3 Å². The van der Waals surface area contributed by atoms with Crippen molar-refractivity contribution < 1.29 is 9.90 Å². The standard InChI is InChI=1S/C19H23Cl2NO2S/c1-11(2)7-15-9-17(18(25-15)19(23)24)22(12(3)4)10-13-5-6-14(20)8-16(13)21/h5-6,8-9,11-12H,7,10H2,1-4H3,(H,23,24). The molecule has 0 saturated heterocycles. The highest BCUT2D eigenvalue weighted by Gasteiger charge is 2.23. The van der Waals surface area contributed by atoms with Crippen LogP contribution in [0.25, 0.3) is 0 Å². The normalized spacial score (nSPS) is 11.4. The molecule has 2 rings (SSSR count). The maximum atomic E-state index is 11.8. The Hall–Kier alpha value is -1.23. The summed E-state index contributed by atoms with van der Waals surface area (Å²) in [5.41, 5.74) is 1.68. The smallest absolute Gasteiger partial charge is 0.348 e. The number of rotatable bonds is 7. The molecule has 25 heavy (non-hydrogen) atoms. The van der Waals surface area contributed by atoms with Crippen LogP contribution < -0.4 is 4.90 Å². The fourth-order valence-corrected chi connectivity index (χ4v) is 4.37. The summed E-state index contributed by atoms with van der Waals surface area (Å²) in [6, 6.07) is 7.55. The Morgan fingerprint density at radius 2 is 1.88 bits per heavy atom. The van der Waals surface area contributed by atoms with E-state index in [0.717, 1.165) is 22.5 Å². The van der Waals surface area contributed by atoms with Crippen molar-refractivity contribution in [1.82, 2.24) is 0 Å². The van der Waals surface area contributed by atoms with E-state index in [1.165, 1.54) is 11.3 Å². The molecule has 0 radical (unpaired) electrons. The molecule has 0 atom stereocenters. The van der Waals surface area contributed by atoms with Crippen molar-refractivity contribution in [3.63, 3.8) is 0 Å². The zero-order valence-corrected chi connectivity index (χ0v) is 17.2. The minimum Gasteiger partial charge on any atom is -0.477 e. The Bertz CT molecular complexity index is 756. The lowest BCUT2D eigenvalue weighted by molar-refractivity contribution is 0.0702. The number of aromatic carboxylic acids is 1. The Morgan fingerprint density at radius 1 is 1.20 bits per heavy atom. The van der Waals surface area contributed by atoms with Gasteiger partial charge in [0.1, 0.15) is 4.88 Å². The molecule has 0 aliphatic rings. The lowest BCUT2D eigenvalue weighted by atomic mass is 10.1. The Kier molecular flexibility index (Phi) is 6.78. The lowest BCUT2D eigenvalue weighted by Crippen LogP contribution is -2.31. The maximum absolute atomic E-state index is 11.8. The van der Waals surface area contributed by atoms with Gasteiger partial charge in [-0.2, -0.15) is 0 Å². The summed E-state index contributed by atoms with van der Waals surface area (Å²) < 4.78 is 0. The van der Waals surface area contributed by atoms with Crippen LogP contribution in [0.2, 0.25) is 10.0 Å². The number of carboxylic acid groups (broad SMARTS) is 1. The van der Waals surface area contributed by atoms with E-state index in [2.05, 4.69) is 32.6 Å². The topological polar surface area (TPSA) is 40.5 Å². The number of hydrogen-bond acceptors (Lipinski definition) is 3. The van der Waals surface area contributed by atoms with Gasteiger partial charge < -0.3 is 10.0 Å². The number of halogens is 2. The molecule has 1 N–H and O–H groups in total. The van der Waals surface area contributed by atoms with Crippen LogP contribution in [0.3, 0.4) is 0 Å². The number of nitrogens with zero attached hydrogens (tertiary/aromatic N) is 1. The van der Waals surface area contributed by atoms with Crippen LogP contribution in [0.1, 0.15) is 47.8 Å². The van der Waals surface area contributed by atoms with E-state index < -0.39 is 5.97 Å². The molecule has 0 aliphatic heterocycles. The first-order chi connectivity index (χ1) is 11.7. The molecule has 136 valence electrons. The van der Waals surface area contributed by atoms with Crippen LogP contribution >= 0.6 is 34.5 Å². The second kappa shape index (κ2) is 8.43. The molecule has 1 heterocycles. The van der Waals surface area contributed by atoms with Crippen LogP contribution in [0, 0.1) is 5.92 Å². The number of anilines is 1. The van der Waals surface area contributed by atoms with E-state index in [1.54, 1.807) is 12.1 Å². The van der Waals surface area contributed by atoms with Gasteiger partial charge in [-0.25, -0.2) is 4.79 Å². The third kappa shape index (κ3) is 5.13. The van der Waals surface area contributed by atoms with Crippen LogP contribution in [0.15, 0.2) is 24.3 Å². The van der Waals surface area contributed by atoms with E-state index in [1.807, 2.05) is 12.1 Å². The zero-order chi connectivity index (χ0) is 18.7. The summed E-state index contributed by atoms with van der Waals surface area (Å²) in [5, 5.41) is 10.8. The van der Waals surface area contributed by atoms with Gasteiger partial charge in [0.25, 0.3) is 0 Å². The highest BCUT2D eigenvalue weighted by molar-refractivity contribution is 7.14. The summed E-state index contributed by atoms with van der Waals surface area (Å²) in [4.78, 5) is 15.3. The van der Waals surface area contributed by atoms with E-state index in [-0.39, 0.29) is 6.04 Å². The van der Waals surface area contributed by atoms with Gasteiger partial charge in [0, 0.05) is 27.5 Å². The van der Waals surface area contributed by atoms with E-state index >= 15 is 0 Å². The van der Waals surface area contributed by atoms with Crippen molar-refractivity contribution in [2.75, 3.05) is 4.90 Å². The summed E-state index contributed by atoms with van der Waals surface area (Å²) in [6.07, 6.45) is 0.874. The first-order valence-electron chi connectivity index (χ1n) is 8.25. The van der Waals surface area contributed by atoms with Crippen molar-refractivity contribution in [2.24, 2.45) is 5.92 Å². The van der Waals surface area contributed by atoms with Crippen LogP contribution in [-0.4, -0.2) is 17.1 Å². The molecule has 2 aromatic rings. The van der Waals surface area contributed by atoms with E-state index in [4.69, 9.17) is 23.2 Å². The second-order valence-electron chi connectivity index (χ2n) is 6.79. The van der Waals surface area contributed by atoms with Gasteiger partial charge >= 0.3 is 5.97 Å². The predicted octanol–water partition coefficient (Wildman–Crippen LogP) is 6.37. The minimum atomic E-state index is -0.886. The molecule has 0 spiro atoms. The molecule has 0 unspecified atom stereocenters. The second-order valence-corrected chi connectivity index (χ2v) is 8.77. The first-order valence-corrected chi connectivity index (χ1v) is 9.82. The van der Waals surface area contributed by atoms with Crippen molar-refractivity contribution in [1.29, 1.82) is 0 Å². The molecule has 3 nitrogen and oxygen atoms in total. The molecule has 6 heteroatoms. The molecular weight excluding hydrogens is 377 g/mol. The van der Waals surface area contributed by atoms with E-state index in [9.17, 15) is 9.90 Å². The Labute approximate surface area is 163 Å². The maximum Gasteiger partial charge on any atom is 0.348 e. The summed E-state index contributed by atoms with van der Waals surface area (Å²) >= 11 is 13.7. The van der Waals surface area contributed by atoms with Crippen LogP contribution in [0.4, 0.5) is 5.69 Å². The molecule has 0 saturated carbocycles. The van der Waals surface area contributed by atoms with Gasteiger partial charge in [0.15, 0.2) is 0 Å². The van der Waals surface area contributed by atoms with Crippen molar-refractivity contribution in [3.05, 3.63) is 49.6 Å². The molecule has 1 aromatic carbocycles. The average molecular weight is 400 g/mol. The Balaban J connectivity index is 2.42. The SMILES string of the molecule is CC(C)Cc1cc(N(Cc2ccc(Cl)cc2Cl)C(C)C)c(C(=O)O)s1. The van der Waals surface area contributed by atoms with Crippen molar-refractivity contribution >= 4 is 46.2 Å². The first kappa shape index (κ1) is 20.1. The van der Waals surface area contributed by atoms with Gasteiger partial charge in [-0.1, -0.05) is 43.1 Å². The fraction of sp³-hybridized carbons (Fsp3) is 0.421. The van der Waals surface area contributed by atoms with E-state index in [0.29, 0.717) is 27.4 Å². The molecule has 0 bridgehead atoms. The monoisotopic (exact) mass is 399 g/mol. The van der Waals surface area contributed by atoms with Crippen molar-refractivity contribution in [2.45, 2.75) is 46.7 Å². The molecule has 0 fully saturated rings. The number of carbonyl (C=O) groups is 1. The minimum absolute atomic E-state index is 0.131. The third-order valence-electron chi connectivity index (χ3n) is 3.86.